The zero-order chi connectivity index (χ0) is 10.1. The van der Waals surface area contributed by atoms with Gasteiger partial charge in [0.2, 0.25) is 0 Å². The van der Waals surface area contributed by atoms with Gasteiger partial charge in [-0.05, 0) is 18.2 Å². The number of ketones is 1. The molecule has 0 aliphatic carbocycles. The predicted octanol–water partition coefficient (Wildman–Crippen LogP) is 0.959. The highest BCUT2D eigenvalue weighted by Crippen LogP contribution is 2.13. The minimum atomic E-state index is -1.47. The Hall–Kier alpha value is -1.82. The second-order valence-electron chi connectivity index (χ2n) is 2.60. The average Bonchev–Trinajstić information content (AvgIpc) is 2.62. The van der Waals surface area contributed by atoms with Gasteiger partial charge in [-0.2, -0.15) is 8.75 Å². The van der Waals surface area contributed by atoms with Crippen molar-refractivity contribution in [2.24, 2.45) is 0 Å². The second-order valence-corrected chi connectivity index (χ2v) is 3.13. The average molecular weight is 208 g/mol. The Morgan fingerprint density at radius 3 is 2.64 bits per heavy atom. The van der Waals surface area contributed by atoms with Crippen LogP contribution in [0.4, 0.5) is 0 Å². The minimum absolute atomic E-state index is 0.123. The van der Waals surface area contributed by atoms with Crippen LogP contribution in [0.1, 0.15) is 10.4 Å². The predicted molar refractivity (Wildman–Crippen MR) is 49.4 cm³/mol. The Balaban J connectivity index is 2.54. The third-order valence-electron chi connectivity index (χ3n) is 1.71. The van der Waals surface area contributed by atoms with Crippen molar-refractivity contribution in [2.45, 2.75) is 0 Å². The molecule has 6 heteroatoms. The van der Waals surface area contributed by atoms with Crippen molar-refractivity contribution >= 4 is 34.5 Å². The molecule has 0 amide bonds. The van der Waals surface area contributed by atoms with Crippen LogP contribution in [-0.4, -0.2) is 25.6 Å². The van der Waals surface area contributed by atoms with Crippen LogP contribution in [0.25, 0.3) is 11.0 Å². The van der Waals surface area contributed by atoms with Gasteiger partial charge in [-0.3, -0.25) is 4.79 Å². The van der Waals surface area contributed by atoms with Crippen LogP contribution >= 0.6 is 11.7 Å². The number of rotatable bonds is 2. The SMILES string of the molecule is O=C(O)C(=O)c1ccc2nsnc2c1. The van der Waals surface area contributed by atoms with E-state index in [9.17, 15) is 9.59 Å². The van der Waals surface area contributed by atoms with E-state index in [0.717, 1.165) is 11.7 Å². The fraction of sp³-hybridized carbons (Fsp3) is 0. The van der Waals surface area contributed by atoms with Gasteiger partial charge in [0.25, 0.3) is 5.78 Å². The van der Waals surface area contributed by atoms with E-state index in [4.69, 9.17) is 5.11 Å². The van der Waals surface area contributed by atoms with E-state index in [1.165, 1.54) is 12.1 Å². The lowest BCUT2D eigenvalue weighted by molar-refractivity contribution is -0.131. The van der Waals surface area contributed by atoms with E-state index in [2.05, 4.69) is 8.75 Å². The molecule has 0 radical (unpaired) electrons. The molecule has 0 saturated carbocycles. The Bertz CT molecular complexity index is 520. The van der Waals surface area contributed by atoms with Gasteiger partial charge in [-0.15, -0.1) is 0 Å². The number of carboxylic acid groups (broad SMARTS) is 1. The summed E-state index contributed by atoms with van der Waals surface area (Å²) in [5.74, 6) is -2.40. The quantitative estimate of drug-likeness (QED) is 0.587. The van der Waals surface area contributed by atoms with Crippen LogP contribution in [0.15, 0.2) is 18.2 Å². The first-order chi connectivity index (χ1) is 6.68. The normalized spacial score (nSPS) is 10.3. The lowest BCUT2D eigenvalue weighted by atomic mass is 10.1. The standard InChI is InChI=1S/C8H4N2O3S/c11-7(8(12)13)4-1-2-5-6(3-4)10-14-9-5/h1-3H,(H,12,13). The summed E-state index contributed by atoms with van der Waals surface area (Å²) in [6, 6.07) is 4.43. The van der Waals surface area contributed by atoms with Crippen molar-refractivity contribution in [3.05, 3.63) is 23.8 Å². The lowest BCUT2D eigenvalue weighted by Gasteiger charge is -1.93. The minimum Gasteiger partial charge on any atom is -0.475 e. The lowest BCUT2D eigenvalue weighted by Crippen LogP contribution is -2.12. The molecule has 0 fully saturated rings. The molecule has 0 saturated heterocycles. The summed E-state index contributed by atoms with van der Waals surface area (Å²) in [6.07, 6.45) is 0. The van der Waals surface area contributed by atoms with Gasteiger partial charge in [-0.1, -0.05) is 0 Å². The first-order valence-corrected chi connectivity index (χ1v) is 4.41. The number of carbonyl (C=O) groups excluding carboxylic acids is 1. The van der Waals surface area contributed by atoms with Crippen molar-refractivity contribution in [1.29, 1.82) is 0 Å². The van der Waals surface area contributed by atoms with Crippen molar-refractivity contribution < 1.29 is 14.7 Å². The van der Waals surface area contributed by atoms with Crippen molar-refractivity contribution in [1.82, 2.24) is 8.75 Å². The number of carbonyl (C=O) groups is 2. The maximum Gasteiger partial charge on any atom is 0.377 e. The van der Waals surface area contributed by atoms with Gasteiger partial charge in [0, 0.05) is 5.56 Å². The van der Waals surface area contributed by atoms with Crippen LogP contribution in [0.2, 0.25) is 0 Å². The van der Waals surface area contributed by atoms with E-state index in [-0.39, 0.29) is 5.56 Å². The zero-order valence-electron chi connectivity index (χ0n) is 6.80. The maximum atomic E-state index is 11.1. The summed E-state index contributed by atoms with van der Waals surface area (Å²) in [6.45, 7) is 0. The number of benzene rings is 1. The summed E-state index contributed by atoms with van der Waals surface area (Å²) in [5.41, 5.74) is 1.33. The molecular formula is C8H4N2O3S. The van der Waals surface area contributed by atoms with E-state index >= 15 is 0 Å². The maximum absolute atomic E-state index is 11.1. The Morgan fingerprint density at radius 2 is 1.93 bits per heavy atom. The van der Waals surface area contributed by atoms with Crippen LogP contribution in [0.3, 0.4) is 0 Å². The van der Waals surface area contributed by atoms with Gasteiger partial charge in [0.15, 0.2) is 0 Å². The number of aliphatic carboxylic acids is 1. The fourth-order valence-corrected chi connectivity index (χ4v) is 1.56. The van der Waals surface area contributed by atoms with Crippen molar-refractivity contribution in [3.8, 4) is 0 Å². The molecule has 0 spiro atoms. The summed E-state index contributed by atoms with van der Waals surface area (Å²) in [4.78, 5) is 21.5. The molecule has 1 N–H and O–H groups in total. The molecule has 14 heavy (non-hydrogen) atoms. The van der Waals surface area contributed by atoms with E-state index < -0.39 is 11.8 Å². The van der Waals surface area contributed by atoms with Crippen LogP contribution in [0, 0.1) is 0 Å². The van der Waals surface area contributed by atoms with E-state index in [1.54, 1.807) is 6.07 Å². The molecule has 2 rings (SSSR count). The molecule has 2 aromatic rings. The number of fused-ring (bicyclic) bond motifs is 1. The van der Waals surface area contributed by atoms with Gasteiger partial charge in [0.05, 0.1) is 11.7 Å². The third kappa shape index (κ3) is 1.35. The monoisotopic (exact) mass is 208 g/mol. The summed E-state index contributed by atoms with van der Waals surface area (Å²) in [7, 11) is 0. The number of carboxylic acids is 1. The molecule has 1 heterocycles. The molecular weight excluding hydrogens is 204 g/mol. The van der Waals surface area contributed by atoms with Gasteiger partial charge in [-0.25, -0.2) is 4.79 Å². The molecule has 5 nitrogen and oxygen atoms in total. The van der Waals surface area contributed by atoms with Gasteiger partial charge < -0.3 is 5.11 Å². The van der Waals surface area contributed by atoms with E-state index in [1.807, 2.05) is 0 Å². The molecule has 1 aromatic heterocycles. The second kappa shape index (κ2) is 3.15. The Kier molecular flexibility index (Phi) is 1.97. The van der Waals surface area contributed by atoms with Gasteiger partial charge in [0.1, 0.15) is 11.0 Å². The molecule has 0 bridgehead atoms. The number of Topliss-reactive ketones (excluding diaryl/α,β-unsaturated/α-hetero) is 1. The van der Waals surface area contributed by atoms with Gasteiger partial charge >= 0.3 is 5.97 Å². The topological polar surface area (TPSA) is 80.1 Å². The van der Waals surface area contributed by atoms with Crippen LogP contribution in [-0.2, 0) is 4.79 Å². The first-order valence-electron chi connectivity index (χ1n) is 3.68. The number of hydrogen-bond acceptors (Lipinski definition) is 5. The van der Waals surface area contributed by atoms with Crippen LogP contribution < -0.4 is 0 Å². The van der Waals surface area contributed by atoms with Crippen molar-refractivity contribution in [2.75, 3.05) is 0 Å². The fourth-order valence-electron chi connectivity index (χ4n) is 1.05. The van der Waals surface area contributed by atoms with Crippen molar-refractivity contribution in [3.63, 3.8) is 0 Å². The Labute approximate surface area is 82.3 Å². The molecule has 0 atom stereocenters. The highest BCUT2D eigenvalue weighted by molar-refractivity contribution is 7.00. The molecule has 70 valence electrons. The zero-order valence-corrected chi connectivity index (χ0v) is 7.61. The smallest absolute Gasteiger partial charge is 0.377 e. The molecule has 0 aliphatic heterocycles. The van der Waals surface area contributed by atoms with E-state index in [0.29, 0.717) is 11.0 Å². The Morgan fingerprint density at radius 1 is 1.21 bits per heavy atom. The number of hydrogen-bond donors (Lipinski definition) is 1. The third-order valence-corrected chi connectivity index (χ3v) is 2.27. The largest absolute Gasteiger partial charge is 0.475 e. The number of nitrogens with zero attached hydrogens (tertiary/aromatic N) is 2. The number of aromatic nitrogens is 2. The molecule has 0 aliphatic rings. The summed E-state index contributed by atoms with van der Waals surface area (Å²) in [5, 5.41) is 8.48. The molecule has 0 unspecified atom stereocenters. The molecule has 1 aromatic carbocycles. The summed E-state index contributed by atoms with van der Waals surface area (Å²) >= 11 is 1.02. The van der Waals surface area contributed by atoms with Crippen LogP contribution in [0.5, 0.6) is 0 Å². The highest BCUT2D eigenvalue weighted by atomic mass is 32.1. The highest BCUT2D eigenvalue weighted by Gasteiger charge is 2.15. The summed E-state index contributed by atoms with van der Waals surface area (Å²) < 4.78 is 7.84. The first kappa shape index (κ1) is 8.76.